The Labute approximate surface area is 152 Å². The highest BCUT2D eigenvalue weighted by Gasteiger charge is 2.36. The predicted molar refractivity (Wildman–Crippen MR) is 91.5 cm³/mol. The largest absolute Gasteiger partial charge is 0.348 e. The molecule has 1 aliphatic carbocycles. The summed E-state index contributed by atoms with van der Waals surface area (Å²) < 4.78 is 40.0. The molecule has 0 spiro atoms. The fourth-order valence-corrected chi connectivity index (χ4v) is 4.69. The maximum Gasteiger partial charge on any atom is 0.278 e. The molecule has 2 N–H and O–H groups in total. The molecular formula is C16H22ClFN3O3S+. The first kappa shape index (κ1) is 18.6. The minimum Gasteiger partial charge on any atom is -0.348 e. The third-order valence-corrected chi connectivity index (χ3v) is 7.01. The quantitative estimate of drug-likeness (QED) is 0.745. The van der Waals surface area contributed by atoms with Gasteiger partial charge in [-0.1, -0.05) is 11.6 Å². The molecule has 1 aromatic carbocycles. The van der Waals surface area contributed by atoms with Crippen molar-refractivity contribution in [1.82, 2.24) is 9.62 Å². The molecule has 1 aromatic rings. The number of nitrogens with zero attached hydrogens (tertiary/aromatic N) is 1. The number of carbonyl (C=O) groups excluding carboxylic acids is 1. The second kappa shape index (κ2) is 7.19. The van der Waals surface area contributed by atoms with Gasteiger partial charge < -0.3 is 10.2 Å². The number of rotatable bonds is 5. The molecule has 1 aliphatic heterocycles. The molecule has 0 aromatic heterocycles. The molecule has 3 rings (SSSR count). The smallest absolute Gasteiger partial charge is 0.278 e. The van der Waals surface area contributed by atoms with Crippen LogP contribution in [-0.4, -0.2) is 56.9 Å². The van der Waals surface area contributed by atoms with Crippen molar-refractivity contribution in [2.45, 2.75) is 36.7 Å². The summed E-state index contributed by atoms with van der Waals surface area (Å²) in [5.74, 6) is -0.621. The minimum absolute atomic E-state index is 0.0122. The summed E-state index contributed by atoms with van der Waals surface area (Å²) in [7, 11) is -3.71. The van der Waals surface area contributed by atoms with E-state index in [1.54, 1.807) is 0 Å². The minimum atomic E-state index is -3.71. The first-order chi connectivity index (χ1) is 11.8. The Morgan fingerprint density at radius 2 is 2.00 bits per heavy atom. The third-order valence-electron chi connectivity index (χ3n) is 4.82. The van der Waals surface area contributed by atoms with Gasteiger partial charge in [0.2, 0.25) is 10.0 Å². The van der Waals surface area contributed by atoms with E-state index in [4.69, 9.17) is 11.6 Å². The van der Waals surface area contributed by atoms with Gasteiger partial charge in [-0.3, -0.25) is 4.79 Å². The van der Waals surface area contributed by atoms with Crippen LogP contribution >= 0.6 is 11.6 Å². The predicted octanol–water partition coefficient (Wildman–Crippen LogP) is 0.0354. The van der Waals surface area contributed by atoms with Crippen molar-refractivity contribution in [3.63, 3.8) is 0 Å². The van der Waals surface area contributed by atoms with E-state index in [9.17, 15) is 17.6 Å². The number of hydrogen-bond donors (Lipinski definition) is 2. The second-order valence-electron chi connectivity index (χ2n) is 6.64. The maximum atomic E-state index is 13.3. The number of halogens is 2. The Hall–Kier alpha value is -1.22. The van der Waals surface area contributed by atoms with Gasteiger partial charge in [-0.25, -0.2) is 12.8 Å². The van der Waals surface area contributed by atoms with Crippen LogP contribution in [-0.2, 0) is 14.8 Å². The Morgan fingerprint density at radius 3 is 2.56 bits per heavy atom. The summed E-state index contributed by atoms with van der Waals surface area (Å²) >= 11 is 5.70. The molecule has 1 saturated heterocycles. The zero-order valence-corrected chi connectivity index (χ0v) is 15.5. The molecule has 6 nitrogen and oxygen atoms in total. The fourth-order valence-electron chi connectivity index (χ4n) is 2.97. The molecule has 1 heterocycles. The van der Waals surface area contributed by atoms with Crippen molar-refractivity contribution in [1.29, 1.82) is 0 Å². The normalized spacial score (nSPS) is 21.1. The first-order valence-electron chi connectivity index (χ1n) is 8.39. The van der Waals surface area contributed by atoms with Gasteiger partial charge in [0.1, 0.15) is 5.82 Å². The van der Waals surface area contributed by atoms with Crippen LogP contribution in [0.15, 0.2) is 23.1 Å². The molecule has 9 heteroatoms. The van der Waals surface area contributed by atoms with Crippen LogP contribution in [0.4, 0.5) is 4.39 Å². The van der Waals surface area contributed by atoms with Crippen LogP contribution in [0, 0.1) is 5.82 Å². The van der Waals surface area contributed by atoms with Gasteiger partial charge >= 0.3 is 0 Å². The molecular weight excluding hydrogens is 369 g/mol. The Bertz CT molecular complexity index is 762. The molecule has 1 amide bonds. The summed E-state index contributed by atoms with van der Waals surface area (Å²) in [6.07, 6.45) is 2.08. The van der Waals surface area contributed by atoms with E-state index in [0.717, 1.165) is 29.9 Å². The summed E-state index contributed by atoms with van der Waals surface area (Å²) in [5, 5.41) is 2.78. The monoisotopic (exact) mass is 390 g/mol. The maximum absolute atomic E-state index is 13.3. The Balaban J connectivity index is 1.62. The molecule has 0 unspecified atom stereocenters. The van der Waals surface area contributed by atoms with Crippen LogP contribution in [0.2, 0.25) is 5.02 Å². The zero-order chi connectivity index (χ0) is 18.2. The lowest BCUT2D eigenvalue weighted by atomic mass is 10.2. The fraction of sp³-hybridized carbons (Fsp3) is 0.562. The molecule has 0 bridgehead atoms. The zero-order valence-electron chi connectivity index (χ0n) is 14.0. The summed E-state index contributed by atoms with van der Waals surface area (Å²) in [6.45, 7) is 3.60. The second-order valence-corrected chi connectivity index (χ2v) is 8.99. The number of piperazine rings is 1. The van der Waals surface area contributed by atoms with Crippen molar-refractivity contribution in [2.75, 3.05) is 26.2 Å². The lowest BCUT2D eigenvalue weighted by Crippen LogP contribution is -3.19. The molecule has 2 fully saturated rings. The Morgan fingerprint density at radius 1 is 1.36 bits per heavy atom. The van der Waals surface area contributed by atoms with Gasteiger partial charge in [-0.05, 0) is 38.0 Å². The van der Waals surface area contributed by atoms with E-state index in [1.807, 2.05) is 6.92 Å². The van der Waals surface area contributed by atoms with Gasteiger partial charge in [-0.2, -0.15) is 4.31 Å². The number of amides is 1. The van der Waals surface area contributed by atoms with Crippen molar-refractivity contribution in [3.05, 3.63) is 29.0 Å². The highest BCUT2D eigenvalue weighted by Crippen LogP contribution is 2.22. The third kappa shape index (κ3) is 4.13. The van der Waals surface area contributed by atoms with E-state index in [2.05, 4.69) is 5.32 Å². The summed E-state index contributed by atoms with van der Waals surface area (Å²) in [6, 6.07) is 3.53. The SMILES string of the molecule is C[C@@H](C(=O)NC1CC1)[NH+]1CCN(S(=O)(=O)c2ccc(F)c(Cl)c2)CC1. The first-order valence-corrected chi connectivity index (χ1v) is 10.2. The number of sulfonamides is 1. The van der Waals surface area contributed by atoms with Crippen molar-refractivity contribution >= 4 is 27.5 Å². The highest BCUT2D eigenvalue weighted by atomic mass is 35.5. The summed E-state index contributed by atoms with van der Waals surface area (Å²) in [5.41, 5.74) is 0. The topological polar surface area (TPSA) is 70.9 Å². The van der Waals surface area contributed by atoms with E-state index in [-0.39, 0.29) is 21.9 Å². The molecule has 2 aliphatic rings. The van der Waals surface area contributed by atoms with Gasteiger partial charge in [-0.15, -0.1) is 0 Å². The summed E-state index contributed by atoms with van der Waals surface area (Å²) in [4.78, 5) is 13.2. The van der Waals surface area contributed by atoms with Gasteiger partial charge in [0.05, 0.1) is 36.1 Å². The molecule has 138 valence electrons. The number of quaternary nitrogens is 1. The van der Waals surface area contributed by atoms with Crippen molar-refractivity contribution < 1.29 is 22.5 Å². The van der Waals surface area contributed by atoms with Gasteiger partial charge in [0, 0.05) is 6.04 Å². The van der Waals surface area contributed by atoms with Crippen LogP contribution in [0.25, 0.3) is 0 Å². The number of benzene rings is 1. The number of hydrogen-bond acceptors (Lipinski definition) is 3. The number of carbonyl (C=O) groups is 1. The van der Waals surface area contributed by atoms with Gasteiger partial charge in [0.25, 0.3) is 5.91 Å². The van der Waals surface area contributed by atoms with Crippen LogP contribution < -0.4 is 10.2 Å². The van der Waals surface area contributed by atoms with Crippen LogP contribution in [0.3, 0.4) is 0 Å². The average molecular weight is 391 g/mol. The van der Waals surface area contributed by atoms with E-state index < -0.39 is 15.8 Å². The van der Waals surface area contributed by atoms with Gasteiger partial charge in [0.15, 0.2) is 6.04 Å². The Kier molecular flexibility index (Phi) is 5.34. The van der Waals surface area contributed by atoms with Crippen molar-refractivity contribution in [3.8, 4) is 0 Å². The molecule has 0 radical (unpaired) electrons. The average Bonchev–Trinajstić information content (AvgIpc) is 3.40. The molecule has 1 atom stereocenters. The van der Waals surface area contributed by atoms with Crippen molar-refractivity contribution in [2.24, 2.45) is 0 Å². The van der Waals surface area contributed by atoms with E-state index in [0.29, 0.717) is 32.2 Å². The molecule has 25 heavy (non-hydrogen) atoms. The number of nitrogens with one attached hydrogen (secondary N) is 2. The lowest BCUT2D eigenvalue weighted by Gasteiger charge is -2.34. The lowest BCUT2D eigenvalue weighted by molar-refractivity contribution is -0.917. The van der Waals surface area contributed by atoms with E-state index >= 15 is 0 Å². The van der Waals surface area contributed by atoms with Crippen LogP contribution in [0.5, 0.6) is 0 Å². The van der Waals surface area contributed by atoms with Crippen LogP contribution in [0.1, 0.15) is 19.8 Å². The molecule has 1 saturated carbocycles. The standard InChI is InChI=1S/C16H21ClFN3O3S/c1-11(16(22)19-12-2-3-12)20-6-8-21(9-7-20)25(23,24)13-4-5-15(18)14(17)10-13/h4-5,10-12H,2-3,6-9H2,1H3,(H,19,22)/p+1/t11-/m0/s1. The highest BCUT2D eigenvalue weighted by molar-refractivity contribution is 7.89. The van der Waals surface area contributed by atoms with E-state index in [1.165, 1.54) is 10.4 Å².